The summed E-state index contributed by atoms with van der Waals surface area (Å²) in [4.78, 5) is 64.0. The van der Waals surface area contributed by atoms with Gasteiger partial charge in [-0.1, -0.05) is 66.4 Å². The number of fused-ring (bicyclic) bond motifs is 2. The average Bonchev–Trinajstić information content (AvgIpc) is 3.73. The van der Waals surface area contributed by atoms with Crippen LogP contribution in [-0.2, 0) is 29.3 Å². The summed E-state index contributed by atoms with van der Waals surface area (Å²) in [6.07, 6.45) is -13.9. The minimum absolute atomic E-state index is 0.0836. The van der Waals surface area contributed by atoms with E-state index < -0.39 is 96.3 Å². The van der Waals surface area contributed by atoms with Gasteiger partial charge >= 0.3 is 29.9 Å². The van der Waals surface area contributed by atoms with Crippen LogP contribution in [-0.4, -0.2) is 102 Å². The number of ether oxygens (including phenoxy) is 4. The maximum Gasteiger partial charge on any atom is 0.471 e. The number of hydrogen-bond acceptors (Lipinski definition) is 10. The first-order valence-corrected chi connectivity index (χ1v) is 20.0. The fourth-order valence-electron chi connectivity index (χ4n) is 7.95. The summed E-state index contributed by atoms with van der Waals surface area (Å²) >= 11 is 0. The number of halogens is 6. The third kappa shape index (κ3) is 10.5. The van der Waals surface area contributed by atoms with Gasteiger partial charge in [-0.05, 0) is 66.6 Å². The number of nitrogens with one attached hydrogen (secondary N) is 4. The van der Waals surface area contributed by atoms with Crippen molar-refractivity contribution in [3.63, 3.8) is 0 Å². The number of carbonyl (C=O) groups is 3. The number of aromatic amines is 1. The topological polar surface area (TPSA) is 199 Å². The molecule has 15 nitrogen and oxygen atoms in total. The molecule has 3 unspecified atom stereocenters. The second-order valence-electron chi connectivity index (χ2n) is 15.2. The number of benzene rings is 3. The summed E-state index contributed by atoms with van der Waals surface area (Å²) < 4.78 is 101. The van der Waals surface area contributed by atoms with Crippen molar-refractivity contribution in [1.29, 1.82) is 0 Å². The molecular weight excluding hydrogens is 872 g/mol. The lowest BCUT2D eigenvalue weighted by Gasteiger charge is -2.43. The maximum absolute atomic E-state index is 13.4. The van der Waals surface area contributed by atoms with Crippen LogP contribution in [0.3, 0.4) is 0 Å². The summed E-state index contributed by atoms with van der Waals surface area (Å²) in [6, 6.07) is 22.6. The fraction of sp³-hybridized carbons (Fsp3) is 0.386. The number of alkyl halides is 6. The van der Waals surface area contributed by atoms with Crippen LogP contribution in [0.5, 0.6) is 11.5 Å². The Hall–Kier alpha value is -6.63. The van der Waals surface area contributed by atoms with Crippen molar-refractivity contribution in [2.75, 3.05) is 33.9 Å². The monoisotopic (exact) mass is 915 g/mol. The highest BCUT2D eigenvalue weighted by atomic mass is 19.4. The van der Waals surface area contributed by atoms with Crippen LogP contribution in [0.4, 0.5) is 26.3 Å². The van der Waals surface area contributed by atoms with Crippen LogP contribution in [0.2, 0.25) is 0 Å². The molecule has 2 aliphatic heterocycles. The molecule has 2 saturated heterocycles. The van der Waals surface area contributed by atoms with Gasteiger partial charge in [-0.3, -0.25) is 28.7 Å². The van der Waals surface area contributed by atoms with Crippen molar-refractivity contribution in [2.45, 2.75) is 73.5 Å². The van der Waals surface area contributed by atoms with Gasteiger partial charge in [-0.25, -0.2) is 4.79 Å². The van der Waals surface area contributed by atoms with E-state index >= 15 is 0 Å². The van der Waals surface area contributed by atoms with E-state index in [2.05, 4.69) is 22.1 Å². The quantitative estimate of drug-likeness (QED) is 0.0481. The van der Waals surface area contributed by atoms with Crippen molar-refractivity contribution in [3.8, 4) is 23.3 Å². The van der Waals surface area contributed by atoms with E-state index in [4.69, 9.17) is 18.9 Å². The molecule has 2 fully saturated rings. The zero-order valence-electron chi connectivity index (χ0n) is 34.7. The number of aliphatic hydroxyl groups is 1. The first kappa shape index (κ1) is 47.8. The van der Waals surface area contributed by atoms with Gasteiger partial charge in [0.2, 0.25) is 5.91 Å². The molecule has 0 radical (unpaired) electrons. The Labute approximate surface area is 366 Å². The highest BCUT2D eigenvalue weighted by Crippen LogP contribution is 2.54. The van der Waals surface area contributed by atoms with E-state index in [1.54, 1.807) is 19.5 Å². The number of nitrogens with zero attached hydrogens (tertiary/aromatic N) is 1. The summed E-state index contributed by atoms with van der Waals surface area (Å²) in [5, 5.41) is 17.3. The number of rotatable bonds is 16. The number of amides is 3. The molecule has 2 bridgehead atoms. The number of unbranched alkanes of at least 4 members (excludes halogenated alkanes) is 1. The predicted molar refractivity (Wildman–Crippen MR) is 218 cm³/mol. The van der Waals surface area contributed by atoms with Crippen LogP contribution < -0.4 is 36.7 Å². The SMILES string of the molecule is COc1ccc(C(CC23COC([C@H](n4cc(C#CCNC(=O)C(CCCCNC(=O)C(F)(F)F)NC(=O)C(F)(F)F)c(=O)[nH]c4=O)O2)[C@H]3O)(c2ccccc2)c2ccc(OC)cc2)cc1. The molecule has 0 spiro atoms. The Morgan fingerprint density at radius 3 is 2.02 bits per heavy atom. The van der Waals surface area contributed by atoms with Gasteiger partial charge in [-0.15, -0.1) is 0 Å². The molecule has 3 aromatic carbocycles. The highest BCUT2D eigenvalue weighted by molar-refractivity contribution is 5.89. The van der Waals surface area contributed by atoms with Crippen LogP contribution in [0.25, 0.3) is 0 Å². The number of aromatic nitrogens is 2. The molecule has 0 aliphatic carbocycles. The molecule has 3 amide bonds. The van der Waals surface area contributed by atoms with Gasteiger partial charge in [0, 0.05) is 18.2 Å². The zero-order valence-corrected chi connectivity index (χ0v) is 34.7. The number of methoxy groups -OCH3 is 2. The summed E-state index contributed by atoms with van der Waals surface area (Å²) in [5.74, 6) is 0.343. The molecule has 4 aromatic rings. The van der Waals surface area contributed by atoms with Gasteiger partial charge in [0.05, 0.1) is 27.4 Å². The van der Waals surface area contributed by atoms with Gasteiger partial charge in [0.25, 0.3) is 5.56 Å². The van der Waals surface area contributed by atoms with E-state index in [1.807, 2.05) is 78.9 Å². The Morgan fingerprint density at radius 1 is 0.862 bits per heavy atom. The lowest BCUT2D eigenvalue weighted by Crippen LogP contribution is -2.50. The summed E-state index contributed by atoms with van der Waals surface area (Å²) in [6.45, 7) is -1.18. The molecule has 65 heavy (non-hydrogen) atoms. The van der Waals surface area contributed by atoms with Gasteiger partial charge in [0.1, 0.15) is 40.9 Å². The van der Waals surface area contributed by atoms with Crippen molar-refractivity contribution in [2.24, 2.45) is 0 Å². The molecule has 346 valence electrons. The molecule has 0 saturated carbocycles. The lowest BCUT2D eigenvalue weighted by atomic mass is 9.63. The van der Waals surface area contributed by atoms with E-state index in [0.717, 1.165) is 27.5 Å². The molecule has 3 heterocycles. The van der Waals surface area contributed by atoms with E-state index in [1.165, 1.54) is 5.32 Å². The van der Waals surface area contributed by atoms with Crippen molar-refractivity contribution in [1.82, 2.24) is 25.5 Å². The second-order valence-corrected chi connectivity index (χ2v) is 15.2. The van der Waals surface area contributed by atoms with Crippen molar-refractivity contribution >= 4 is 17.7 Å². The third-order valence-corrected chi connectivity index (χ3v) is 11.2. The fourth-order valence-corrected chi connectivity index (χ4v) is 7.95. The van der Waals surface area contributed by atoms with E-state index in [0.29, 0.717) is 11.5 Å². The lowest BCUT2D eigenvalue weighted by molar-refractivity contribution is -0.180. The number of carbonyl (C=O) groups excluding carboxylic acids is 3. The van der Waals surface area contributed by atoms with Crippen LogP contribution in [0.1, 0.15) is 54.2 Å². The maximum atomic E-state index is 13.4. The van der Waals surface area contributed by atoms with E-state index in [-0.39, 0.29) is 31.4 Å². The summed E-state index contributed by atoms with van der Waals surface area (Å²) in [5.41, 5.74) is -2.21. The molecular formula is C44H43F6N5O10. The third-order valence-electron chi connectivity index (χ3n) is 11.2. The largest absolute Gasteiger partial charge is 0.497 e. The van der Waals surface area contributed by atoms with E-state index in [9.17, 15) is 55.4 Å². The number of aliphatic hydroxyl groups excluding tert-OH is 1. The highest BCUT2D eigenvalue weighted by Gasteiger charge is 2.64. The number of hydrogen-bond donors (Lipinski definition) is 5. The zero-order chi connectivity index (χ0) is 47.2. The summed E-state index contributed by atoms with van der Waals surface area (Å²) in [7, 11) is 3.09. The molecule has 6 rings (SSSR count). The van der Waals surface area contributed by atoms with Crippen LogP contribution >= 0.6 is 0 Å². The van der Waals surface area contributed by atoms with Gasteiger partial charge < -0.3 is 40.0 Å². The number of H-pyrrole nitrogens is 1. The predicted octanol–water partition coefficient (Wildman–Crippen LogP) is 3.37. The molecule has 1 aromatic heterocycles. The van der Waals surface area contributed by atoms with Gasteiger partial charge in [0.15, 0.2) is 6.23 Å². The second kappa shape index (κ2) is 19.6. The molecule has 5 N–H and O–H groups in total. The molecule has 21 heteroatoms. The minimum atomic E-state index is -5.37. The van der Waals surface area contributed by atoms with Crippen LogP contribution in [0.15, 0.2) is 94.6 Å². The Bertz CT molecular complexity index is 2470. The van der Waals surface area contributed by atoms with Crippen molar-refractivity contribution < 1.29 is 64.8 Å². The minimum Gasteiger partial charge on any atom is -0.497 e. The van der Waals surface area contributed by atoms with Crippen LogP contribution in [0, 0.1) is 11.8 Å². The standard InChI is InChI=1S/C44H43F6N5O10/c1-62-30-17-13-28(14-18-30)42(27-10-4-3-5-11-27,29-15-19-31(63-2)20-16-29)24-41-25-64-33(34(41)56)37(65-41)55-23-26(35(57)54-40(55)61)9-8-22-51-36(58)32(53-39(60)44(48,49)50)12-6-7-21-52-38(59)43(45,46)47/h3-5,10-11,13-20,23,32-34,37,56H,6-7,12,21-22,24-25H2,1-2H3,(H,51,58)(H,52,59)(H,53,60)(H,54,57,61)/t32?,33?,34-,37-,41?/m1/s1. The Kier molecular flexibility index (Phi) is 14.4. The smallest absolute Gasteiger partial charge is 0.471 e. The Balaban J connectivity index is 1.23. The average molecular weight is 916 g/mol. The first-order valence-electron chi connectivity index (χ1n) is 20.0. The normalized spacial score (nSPS) is 19.7. The van der Waals surface area contributed by atoms with Gasteiger partial charge in [-0.2, -0.15) is 26.3 Å². The Morgan fingerprint density at radius 2 is 1.45 bits per heavy atom. The van der Waals surface area contributed by atoms with Crippen molar-refractivity contribution in [3.05, 3.63) is 128 Å². The first-order chi connectivity index (χ1) is 30.8. The molecule has 2 aliphatic rings. The molecule has 5 atom stereocenters.